The topological polar surface area (TPSA) is 36.7 Å². The van der Waals surface area contributed by atoms with Gasteiger partial charge in [0.15, 0.2) is 0 Å². The van der Waals surface area contributed by atoms with E-state index in [4.69, 9.17) is 4.98 Å². The predicted octanol–water partition coefficient (Wildman–Crippen LogP) is 10.4. The number of hydrogen-bond acceptors (Lipinski definition) is 2. The zero-order chi connectivity index (χ0) is 28.0. The second-order valence-corrected chi connectivity index (χ2v) is 10.7. The van der Waals surface area contributed by atoms with Gasteiger partial charge in [0.05, 0.1) is 23.0 Å². The van der Waals surface area contributed by atoms with Crippen LogP contribution in [0.2, 0.25) is 0 Å². The monoisotopic (exact) mass is 532 g/mol. The molecule has 6 aromatic carbocycles. The minimum absolute atomic E-state index is 0.659. The molecule has 2 heteroatoms. The third-order valence-electron chi connectivity index (χ3n) is 8.27. The van der Waals surface area contributed by atoms with Crippen LogP contribution in [0.4, 0.5) is 0 Å². The van der Waals surface area contributed by atoms with Gasteiger partial charge in [-0.15, -0.1) is 0 Å². The largest absolute Gasteiger partial charge is 0.248 e. The van der Waals surface area contributed by atoms with E-state index in [0.717, 1.165) is 39.2 Å². The Morgan fingerprint density at radius 3 is 1.36 bits per heavy atom. The van der Waals surface area contributed by atoms with Gasteiger partial charge in [0.1, 0.15) is 0 Å². The predicted molar refractivity (Wildman–Crippen MR) is 173 cm³/mol. The van der Waals surface area contributed by atoms with Crippen molar-refractivity contribution in [3.05, 3.63) is 151 Å². The minimum atomic E-state index is 0.659. The van der Waals surface area contributed by atoms with E-state index in [0.29, 0.717) is 5.56 Å². The summed E-state index contributed by atoms with van der Waals surface area (Å²) in [7, 11) is 0. The average molecular weight is 533 g/mol. The maximum atomic E-state index is 9.43. The lowest BCUT2D eigenvalue weighted by atomic mass is 9.88. The van der Waals surface area contributed by atoms with Crippen molar-refractivity contribution in [3.8, 4) is 73.1 Å². The van der Waals surface area contributed by atoms with Gasteiger partial charge < -0.3 is 0 Å². The molecule has 0 N–H and O–H groups in total. The summed E-state index contributed by atoms with van der Waals surface area (Å²) in [5.74, 6) is 0. The molecule has 0 unspecified atom stereocenters. The van der Waals surface area contributed by atoms with E-state index in [-0.39, 0.29) is 0 Å². The Labute approximate surface area is 244 Å². The van der Waals surface area contributed by atoms with Crippen LogP contribution in [0.3, 0.4) is 0 Å². The van der Waals surface area contributed by atoms with Crippen molar-refractivity contribution >= 4 is 10.8 Å². The van der Waals surface area contributed by atoms with Crippen molar-refractivity contribution in [1.82, 2.24) is 4.98 Å². The highest BCUT2D eigenvalue weighted by atomic mass is 14.7. The molecule has 1 aromatic heterocycles. The summed E-state index contributed by atoms with van der Waals surface area (Å²) >= 11 is 0. The summed E-state index contributed by atoms with van der Waals surface area (Å²) in [6.45, 7) is 0. The number of aromatic nitrogens is 1. The standard InChI is InChI=1S/C40H24N2/c41-25-26-15-17-27(18-16-26)31-19-21-35-33-13-7-8-14-34(33)36-22-20-32(39(31)40(35)36)30-23-37(28-9-3-1-4-10-28)42-38(24-30)29-11-5-2-6-12-29/h1-24H. The molecule has 1 heterocycles. The fraction of sp³-hybridized carbons (Fsp3) is 0. The van der Waals surface area contributed by atoms with Gasteiger partial charge in [0.2, 0.25) is 0 Å². The molecule has 42 heavy (non-hydrogen) atoms. The maximum absolute atomic E-state index is 9.43. The summed E-state index contributed by atoms with van der Waals surface area (Å²) in [4.78, 5) is 5.13. The zero-order valence-electron chi connectivity index (χ0n) is 22.8. The van der Waals surface area contributed by atoms with E-state index in [1.807, 2.05) is 24.3 Å². The van der Waals surface area contributed by atoms with Crippen LogP contribution >= 0.6 is 0 Å². The lowest BCUT2D eigenvalue weighted by molar-refractivity contribution is 1.32. The second-order valence-electron chi connectivity index (χ2n) is 10.7. The Morgan fingerprint density at radius 2 is 0.833 bits per heavy atom. The molecule has 0 aliphatic heterocycles. The first-order valence-electron chi connectivity index (χ1n) is 14.1. The van der Waals surface area contributed by atoms with Gasteiger partial charge in [-0.05, 0) is 79.5 Å². The number of pyridine rings is 1. The molecule has 1 aliphatic carbocycles. The van der Waals surface area contributed by atoms with Crippen molar-refractivity contribution in [2.24, 2.45) is 0 Å². The minimum Gasteiger partial charge on any atom is -0.248 e. The SMILES string of the molecule is N#Cc1ccc(-c2ccc3c4c(ccc(-c5cc(-c6ccccc6)nc(-c6ccccc6)c5)c24)-c2ccccc2-3)cc1. The molecule has 7 aromatic rings. The molecule has 8 rings (SSSR count). The summed E-state index contributed by atoms with van der Waals surface area (Å²) in [6, 6.07) is 53.1. The number of fused-ring (bicyclic) bond motifs is 3. The van der Waals surface area contributed by atoms with E-state index in [2.05, 4.69) is 127 Å². The molecule has 0 bridgehead atoms. The van der Waals surface area contributed by atoms with Gasteiger partial charge in [-0.2, -0.15) is 5.26 Å². The van der Waals surface area contributed by atoms with Gasteiger partial charge in [0.25, 0.3) is 0 Å². The first-order chi connectivity index (χ1) is 20.8. The Bertz CT molecular complexity index is 2080. The van der Waals surface area contributed by atoms with Crippen LogP contribution < -0.4 is 0 Å². The van der Waals surface area contributed by atoms with E-state index in [9.17, 15) is 5.26 Å². The molecule has 0 amide bonds. The number of rotatable bonds is 4. The normalized spacial score (nSPS) is 11.3. The molecular formula is C40H24N2. The van der Waals surface area contributed by atoms with Gasteiger partial charge in [-0.25, -0.2) is 4.98 Å². The molecule has 1 aliphatic rings. The average Bonchev–Trinajstić information content (AvgIpc) is 3.40. The van der Waals surface area contributed by atoms with Gasteiger partial charge in [0, 0.05) is 11.1 Å². The molecule has 2 nitrogen and oxygen atoms in total. The lowest BCUT2D eigenvalue weighted by Crippen LogP contribution is -1.93. The third kappa shape index (κ3) is 3.84. The van der Waals surface area contributed by atoms with E-state index in [1.54, 1.807) is 0 Å². The Kier molecular flexibility index (Phi) is 5.55. The smallest absolute Gasteiger partial charge is 0.0991 e. The second kappa shape index (κ2) is 9.70. The maximum Gasteiger partial charge on any atom is 0.0991 e. The highest BCUT2D eigenvalue weighted by Gasteiger charge is 2.25. The van der Waals surface area contributed by atoms with Crippen LogP contribution in [0.5, 0.6) is 0 Å². The van der Waals surface area contributed by atoms with E-state index < -0.39 is 0 Å². The highest BCUT2D eigenvalue weighted by molar-refractivity contribution is 6.22. The van der Waals surface area contributed by atoms with Crippen molar-refractivity contribution in [2.45, 2.75) is 0 Å². The van der Waals surface area contributed by atoms with Gasteiger partial charge in [-0.1, -0.05) is 121 Å². The first kappa shape index (κ1) is 24.1. The van der Waals surface area contributed by atoms with Crippen LogP contribution in [-0.2, 0) is 0 Å². The fourth-order valence-corrected chi connectivity index (χ4v) is 6.30. The van der Waals surface area contributed by atoms with Gasteiger partial charge >= 0.3 is 0 Å². The molecule has 194 valence electrons. The van der Waals surface area contributed by atoms with Crippen molar-refractivity contribution in [1.29, 1.82) is 5.26 Å². The number of nitrogens with zero attached hydrogens (tertiary/aromatic N) is 2. The zero-order valence-corrected chi connectivity index (χ0v) is 22.8. The Hall–Kier alpha value is -5.78. The first-order valence-corrected chi connectivity index (χ1v) is 14.1. The molecule has 0 fully saturated rings. The van der Waals surface area contributed by atoms with Crippen molar-refractivity contribution < 1.29 is 0 Å². The van der Waals surface area contributed by atoms with Crippen LogP contribution in [0.1, 0.15) is 5.56 Å². The van der Waals surface area contributed by atoms with Crippen LogP contribution in [0.15, 0.2) is 146 Å². The summed E-state index contributed by atoms with van der Waals surface area (Å²) in [5, 5.41) is 11.9. The summed E-state index contributed by atoms with van der Waals surface area (Å²) in [6.07, 6.45) is 0. The van der Waals surface area contributed by atoms with Crippen LogP contribution in [0, 0.1) is 11.3 Å². The van der Waals surface area contributed by atoms with E-state index in [1.165, 1.54) is 38.6 Å². The quantitative estimate of drug-likeness (QED) is 0.226. The van der Waals surface area contributed by atoms with Crippen LogP contribution in [-0.4, -0.2) is 4.98 Å². The van der Waals surface area contributed by atoms with Crippen molar-refractivity contribution in [3.63, 3.8) is 0 Å². The Morgan fingerprint density at radius 1 is 0.381 bits per heavy atom. The highest BCUT2D eigenvalue weighted by Crippen LogP contribution is 2.52. The fourth-order valence-electron chi connectivity index (χ4n) is 6.30. The van der Waals surface area contributed by atoms with E-state index >= 15 is 0 Å². The molecule has 0 spiro atoms. The molecule has 0 radical (unpaired) electrons. The number of benzene rings is 6. The molecule has 0 saturated carbocycles. The molecular weight excluding hydrogens is 508 g/mol. The van der Waals surface area contributed by atoms with Gasteiger partial charge in [-0.3, -0.25) is 0 Å². The lowest BCUT2D eigenvalue weighted by Gasteiger charge is -2.17. The number of nitriles is 1. The summed E-state index contributed by atoms with van der Waals surface area (Å²) < 4.78 is 0. The number of hydrogen-bond donors (Lipinski definition) is 0. The summed E-state index contributed by atoms with van der Waals surface area (Å²) in [5.41, 5.74) is 14.3. The van der Waals surface area contributed by atoms with Crippen molar-refractivity contribution in [2.75, 3.05) is 0 Å². The Balaban J connectivity index is 1.46. The molecule has 0 atom stereocenters. The molecule has 0 saturated heterocycles. The third-order valence-corrected chi connectivity index (χ3v) is 8.27. The van der Waals surface area contributed by atoms with Crippen LogP contribution in [0.25, 0.3) is 77.8 Å².